The number of esters is 1. The zero-order chi connectivity index (χ0) is 28.1. The van der Waals surface area contributed by atoms with Gasteiger partial charge in [-0.1, -0.05) is 99.9 Å². The summed E-state index contributed by atoms with van der Waals surface area (Å²) in [6, 6.07) is 12.0. The summed E-state index contributed by atoms with van der Waals surface area (Å²) >= 11 is 3.43. The van der Waals surface area contributed by atoms with E-state index in [-0.39, 0.29) is 5.91 Å². The number of halogens is 1. The van der Waals surface area contributed by atoms with Crippen LogP contribution in [0.4, 0.5) is 0 Å². The van der Waals surface area contributed by atoms with Crippen molar-refractivity contribution >= 4 is 34.0 Å². The molecule has 0 aliphatic heterocycles. The van der Waals surface area contributed by atoms with E-state index in [2.05, 4.69) is 33.4 Å². The van der Waals surface area contributed by atoms with Gasteiger partial charge in [0.2, 0.25) is 5.91 Å². The molecule has 0 unspecified atom stereocenters. The van der Waals surface area contributed by atoms with E-state index in [1.54, 1.807) is 42.5 Å². The third-order valence-electron chi connectivity index (χ3n) is 6.48. The van der Waals surface area contributed by atoms with Crippen molar-refractivity contribution < 1.29 is 19.1 Å². The van der Waals surface area contributed by atoms with Crippen molar-refractivity contribution in [2.45, 2.75) is 104 Å². The number of carbonyl (C=O) groups is 2. The number of nitrogens with one attached hydrogen (secondary N) is 1. The lowest BCUT2D eigenvalue weighted by Gasteiger charge is -2.09. The minimum Gasteiger partial charge on any atom is -0.494 e. The van der Waals surface area contributed by atoms with Crippen LogP contribution in [0.2, 0.25) is 0 Å². The molecule has 2 aromatic rings. The number of unbranched alkanes of at least 4 members (excludes halogenated alkanes) is 12. The van der Waals surface area contributed by atoms with Crippen molar-refractivity contribution in [2.75, 3.05) is 6.61 Å². The Labute approximate surface area is 243 Å². The number of hydrazone groups is 1. The summed E-state index contributed by atoms with van der Waals surface area (Å²) in [6.45, 7) is 4.72. The van der Waals surface area contributed by atoms with Crippen LogP contribution in [0.1, 0.15) is 120 Å². The Morgan fingerprint density at radius 3 is 2.00 bits per heavy atom. The number of benzene rings is 2. The maximum atomic E-state index is 12.6. The van der Waals surface area contributed by atoms with Crippen LogP contribution in [0.3, 0.4) is 0 Å². The van der Waals surface area contributed by atoms with Crippen LogP contribution >= 0.6 is 15.9 Å². The number of hydrogen-bond donors (Lipinski definition) is 1. The molecule has 1 amide bonds. The summed E-state index contributed by atoms with van der Waals surface area (Å²) in [4.78, 5) is 24.8. The molecule has 0 saturated heterocycles. The fraction of sp³-hybridized carbons (Fsp3) is 0.531. The van der Waals surface area contributed by atoms with Gasteiger partial charge in [0.05, 0.1) is 18.4 Å². The maximum absolute atomic E-state index is 12.6. The molecule has 39 heavy (non-hydrogen) atoms. The van der Waals surface area contributed by atoms with Crippen LogP contribution in [0.25, 0.3) is 0 Å². The second-order valence-corrected chi connectivity index (χ2v) is 10.7. The van der Waals surface area contributed by atoms with Crippen molar-refractivity contribution in [3.63, 3.8) is 0 Å². The Kier molecular flexibility index (Phi) is 16.9. The maximum Gasteiger partial charge on any atom is 0.343 e. The molecule has 0 spiro atoms. The van der Waals surface area contributed by atoms with Gasteiger partial charge in [0.15, 0.2) is 0 Å². The molecule has 6 nitrogen and oxygen atoms in total. The topological polar surface area (TPSA) is 77.0 Å². The number of hydrogen-bond acceptors (Lipinski definition) is 5. The number of ether oxygens (including phenoxy) is 2. The summed E-state index contributed by atoms with van der Waals surface area (Å²) in [5, 5.41) is 4.08. The monoisotopic (exact) mass is 600 g/mol. The largest absolute Gasteiger partial charge is 0.494 e. The Morgan fingerprint density at radius 2 is 1.41 bits per heavy atom. The molecule has 0 aromatic heterocycles. The van der Waals surface area contributed by atoms with Gasteiger partial charge >= 0.3 is 5.97 Å². The molecular weight excluding hydrogens is 556 g/mol. The van der Waals surface area contributed by atoms with Gasteiger partial charge < -0.3 is 9.47 Å². The average Bonchev–Trinajstić information content (AvgIpc) is 2.93. The molecule has 0 atom stereocenters. The predicted octanol–water partition coefficient (Wildman–Crippen LogP) is 9.00. The minimum absolute atomic E-state index is 0.114. The quantitative estimate of drug-likeness (QED) is 0.0540. The van der Waals surface area contributed by atoms with E-state index in [0.29, 0.717) is 35.7 Å². The predicted molar refractivity (Wildman–Crippen MR) is 163 cm³/mol. The first-order valence-corrected chi connectivity index (χ1v) is 15.4. The van der Waals surface area contributed by atoms with Crippen molar-refractivity contribution in [1.29, 1.82) is 0 Å². The molecule has 7 heteroatoms. The molecule has 0 aliphatic rings. The van der Waals surface area contributed by atoms with E-state index in [1.807, 2.05) is 6.92 Å². The van der Waals surface area contributed by atoms with Crippen LogP contribution < -0.4 is 14.9 Å². The van der Waals surface area contributed by atoms with E-state index in [9.17, 15) is 9.59 Å². The summed E-state index contributed by atoms with van der Waals surface area (Å²) in [7, 11) is 0. The van der Waals surface area contributed by atoms with Gasteiger partial charge in [-0.25, -0.2) is 10.2 Å². The third-order valence-corrected chi connectivity index (χ3v) is 6.97. The molecule has 2 aromatic carbocycles. The molecule has 2 rings (SSSR count). The lowest BCUT2D eigenvalue weighted by Crippen LogP contribution is -2.17. The van der Waals surface area contributed by atoms with Gasteiger partial charge in [-0.15, -0.1) is 0 Å². The molecule has 0 radical (unpaired) electrons. The second-order valence-electron chi connectivity index (χ2n) is 9.81. The Bertz CT molecular complexity index is 1010. The Balaban J connectivity index is 1.66. The molecule has 0 aliphatic carbocycles. The lowest BCUT2D eigenvalue weighted by molar-refractivity contribution is -0.121. The number of amides is 1. The summed E-state index contributed by atoms with van der Waals surface area (Å²) in [6.07, 6.45) is 18.5. The first kappa shape index (κ1) is 32.5. The van der Waals surface area contributed by atoms with Gasteiger partial charge in [0, 0.05) is 16.5 Å². The SMILES string of the molecule is CCCCCCCCCCCCCCCC(=O)N/N=C/c1cc(Br)ccc1OC(=O)c1ccc(OCC)cc1. The number of rotatable bonds is 20. The first-order chi connectivity index (χ1) is 19.0. The minimum atomic E-state index is -0.485. The van der Waals surface area contributed by atoms with Gasteiger partial charge in [0.1, 0.15) is 11.5 Å². The van der Waals surface area contributed by atoms with Crippen LogP contribution in [-0.4, -0.2) is 24.7 Å². The number of carbonyl (C=O) groups excluding carboxylic acids is 2. The van der Waals surface area contributed by atoms with Gasteiger partial charge in [-0.3, -0.25) is 4.79 Å². The van der Waals surface area contributed by atoms with Crippen LogP contribution in [0, 0.1) is 0 Å². The molecular formula is C32H45BrN2O4. The zero-order valence-electron chi connectivity index (χ0n) is 23.7. The zero-order valence-corrected chi connectivity index (χ0v) is 25.3. The summed E-state index contributed by atoms with van der Waals surface area (Å²) < 4.78 is 11.8. The van der Waals surface area contributed by atoms with E-state index >= 15 is 0 Å². The Morgan fingerprint density at radius 1 is 0.821 bits per heavy atom. The van der Waals surface area contributed by atoms with E-state index in [0.717, 1.165) is 17.3 Å². The van der Waals surface area contributed by atoms with Crippen molar-refractivity contribution in [1.82, 2.24) is 5.43 Å². The fourth-order valence-electron chi connectivity index (χ4n) is 4.26. The lowest BCUT2D eigenvalue weighted by atomic mass is 10.0. The van der Waals surface area contributed by atoms with Gasteiger partial charge in [-0.2, -0.15) is 5.10 Å². The van der Waals surface area contributed by atoms with E-state index in [1.165, 1.54) is 76.8 Å². The molecule has 0 bridgehead atoms. The molecule has 0 saturated carbocycles. The van der Waals surface area contributed by atoms with Crippen LogP contribution in [-0.2, 0) is 4.79 Å². The van der Waals surface area contributed by atoms with Crippen molar-refractivity contribution in [2.24, 2.45) is 5.10 Å². The highest BCUT2D eigenvalue weighted by molar-refractivity contribution is 9.10. The standard InChI is InChI=1S/C32H45BrN2O4/c1-3-5-6-7-8-9-10-11-12-13-14-15-16-17-31(36)35-34-25-27-24-28(33)20-23-30(27)39-32(37)26-18-21-29(22-19-26)38-4-2/h18-25H,3-17H2,1-2H3,(H,35,36)/b34-25+. The van der Waals surface area contributed by atoms with E-state index in [4.69, 9.17) is 9.47 Å². The van der Waals surface area contributed by atoms with Crippen LogP contribution in [0.5, 0.6) is 11.5 Å². The molecule has 0 fully saturated rings. The highest BCUT2D eigenvalue weighted by atomic mass is 79.9. The molecule has 0 heterocycles. The summed E-state index contributed by atoms with van der Waals surface area (Å²) in [5.74, 6) is 0.449. The first-order valence-electron chi connectivity index (χ1n) is 14.6. The van der Waals surface area contributed by atoms with Gasteiger partial charge in [0.25, 0.3) is 0 Å². The highest BCUT2D eigenvalue weighted by Gasteiger charge is 2.12. The van der Waals surface area contributed by atoms with Crippen molar-refractivity contribution in [3.05, 3.63) is 58.1 Å². The summed E-state index contributed by atoms with van der Waals surface area (Å²) in [5.41, 5.74) is 3.57. The normalized spacial score (nSPS) is 11.1. The van der Waals surface area contributed by atoms with Crippen LogP contribution in [0.15, 0.2) is 52.0 Å². The van der Waals surface area contributed by atoms with Gasteiger partial charge in [-0.05, 0) is 55.8 Å². The number of nitrogens with zero attached hydrogens (tertiary/aromatic N) is 1. The van der Waals surface area contributed by atoms with Crippen molar-refractivity contribution in [3.8, 4) is 11.5 Å². The molecule has 214 valence electrons. The average molecular weight is 602 g/mol. The Hall–Kier alpha value is -2.67. The third kappa shape index (κ3) is 14.3. The smallest absolute Gasteiger partial charge is 0.343 e. The highest BCUT2D eigenvalue weighted by Crippen LogP contribution is 2.23. The second kappa shape index (κ2) is 20.3. The molecule has 1 N–H and O–H groups in total. The van der Waals surface area contributed by atoms with E-state index < -0.39 is 5.97 Å². The fourth-order valence-corrected chi connectivity index (χ4v) is 4.64.